The van der Waals surface area contributed by atoms with Crippen LogP contribution in [-0.2, 0) is 22.6 Å². The summed E-state index contributed by atoms with van der Waals surface area (Å²) in [5.41, 5.74) is 0.894. The second-order valence-corrected chi connectivity index (χ2v) is 8.10. The zero-order valence-corrected chi connectivity index (χ0v) is 14.6. The van der Waals surface area contributed by atoms with Gasteiger partial charge in [0.2, 0.25) is 10.0 Å². The van der Waals surface area contributed by atoms with Crippen LogP contribution in [0.2, 0.25) is 0 Å². The van der Waals surface area contributed by atoms with Crippen LogP contribution in [0.5, 0.6) is 0 Å². The number of hydrogen-bond donors (Lipinski definition) is 1. The minimum Gasteiger partial charge on any atom is -0.264 e. The number of hydrogen-bond acceptors (Lipinski definition) is 3. The minimum absolute atomic E-state index is 0.0595. The maximum absolute atomic E-state index is 13.9. The average Bonchev–Trinajstić information content (AvgIpc) is 2.96. The number of alkyl halides is 3. The fourth-order valence-electron chi connectivity index (χ4n) is 3.11. The number of sulfonamides is 1. The molecule has 1 aromatic carbocycles. The van der Waals surface area contributed by atoms with Gasteiger partial charge in [-0.2, -0.15) is 13.2 Å². The zero-order valence-electron chi connectivity index (χ0n) is 13.8. The van der Waals surface area contributed by atoms with Crippen molar-refractivity contribution in [1.29, 1.82) is 0 Å². The topological polar surface area (TPSA) is 59.1 Å². The molecule has 3 rings (SSSR count). The van der Waals surface area contributed by atoms with Gasteiger partial charge in [-0.1, -0.05) is 6.07 Å². The highest BCUT2D eigenvalue weighted by Gasteiger charge is 2.34. The van der Waals surface area contributed by atoms with Crippen molar-refractivity contribution in [2.24, 2.45) is 0 Å². The summed E-state index contributed by atoms with van der Waals surface area (Å²) in [6, 6.07) is 2.30. The number of aromatic nitrogens is 1. The van der Waals surface area contributed by atoms with E-state index < -0.39 is 33.6 Å². The summed E-state index contributed by atoms with van der Waals surface area (Å²) in [6.07, 6.45) is -0.737. The van der Waals surface area contributed by atoms with Crippen LogP contribution >= 0.6 is 0 Å². The normalized spacial score (nSPS) is 17.3. The molecule has 1 atom stereocenters. The Morgan fingerprint density at radius 2 is 2.00 bits per heavy atom. The monoisotopic (exact) mass is 388 g/mol. The molecular weight excluding hydrogens is 372 g/mol. The van der Waals surface area contributed by atoms with Crippen LogP contribution in [-0.4, -0.2) is 19.2 Å². The highest BCUT2D eigenvalue weighted by atomic mass is 32.2. The third-order valence-corrected chi connectivity index (χ3v) is 5.84. The van der Waals surface area contributed by atoms with Crippen LogP contribution in [0.3, 0.4) is 0 Å². The number of benzene rings is 1. The van der Waals surface area contributed by atoms with E-state index in [1.165, 1.54) is 25.4 Å². The van der Waals surface area contributed by atoms with Crippen molar-refractivity contribution < 1.29 is 26.0 Å². The molecule has 0 spiro atoms. The number of pyridine rings is 1. The largest absolute Gasteiger partial charge is 0.419 e. The Hall–Kier alpha value is -2.00. The van der Waals surface area contributed by atoms with Crippen LogP contribution in [0.15, 0.2) is 30.6 Å². The Morgan fingerprint density at radius 3 is 2.62 bits per heavy atom. The first-order valence-corrected chi connectivity index (χ1v) is 9.61. The van der Waals surface area contributed by atoms with Gasteiger partial charge in [-0.15, -0.1) is 0 Å². The summed E-state index contributed by atoms with van der Waals surface area (Å²) in [6.45, 7) is 1.53. The molecule has 1 aliphatic carbocycles. The highest BCUT2D eigenvalue weighted by Crippen LogP contribution is 2.39. The molecule has 0 bridgehead atoms. The Labute approximate surface area is 148 Å². The zero-order chi connectivity index (χ0) is 19.1. The van der Waals surface area contributed by atoms with Gasteiger partial charge in [-0.25, -0.2) is 17.5 Å². The lowest BCUT2D eigenvalue weighted by atomic mass is 9.98. The van der Waals surface area contributed by atoms with E-state index in [-0.39, 0.29) is 11.3 Å². The maximum atomic E-state index is 13.9. The average molecular weight is 388 g/mol. The molecular formula is C17H16F4N2O2S. The van der Waals surface area contributed by atoms with E-state index in [0.717, 1.165) is 11.6 Å². The van der Waals surface area contributed by atoms with Gasteiger partial charge in [0.25, 0.3) is 0 Å². The second kappa shape index (κ2) is 6.62. The van der Waals surface area contributed by atoms with Gasteiger partial charge in [-0.3, -0.25) is 4.98 Å². The lowest BCUT2D eigenvalue weighted by molar-refractivity contribution is -0.139. The van der Waals surface area contributed by atoms with E-state index in [1.54, 1.807) is 0 Å². The molecule has 0 aliphatic heterocycles. The van der Waals surface area contributed by atoms with Crippen molar-refractivity contribution in [2.75, 3.05) is 5.75 Å². The first-order valence-electron chi connectivity index (χ1n) is 7.96. The Bertz CT molecular complexity index is 942. The first-order chi connectivity index (χ1) is 12.1. The van der Waals surface area contributed by atoms with E-state index in [1.807, 2.05) is 0 Å². The van der Waals surface area contributed by atoms with Gasteiger partial charge in [0.05, 0.1) is 11.3 Å². The fraction of sp³-hybridized carbons (Fsp3) is 0.353. The summed E-state index contributed by atoms with van der Waals surface area (Å²) in [5.74, 6) is -1.41. The number of rotatable bonds is 4. The number of nitrogens with zero attached hydrogens (tertiary/aromatic N) is 1. The van der Waals surface area contributed by atoms with Crippen LogP contribution in [0, 0.1) is 5.82 Å². The molecule has 0 saturated carbocycles. The number of nitrogens with one attached hydrogen (secondary N) is 1. The highest BCUT2D eigenvalue weighted by molar-refractivity contribution is 7.89. The first kappa shape index (κ1) is 18.8. The Balaban J connectivity index is 2.00. The molecule has 2 aromatic rings. The van der Waals surface area contributed by atoms with Gasteiger partial charge in [0.15, 0.2) is 0 Å². The summed E-state index contributed by atoms with van der Waals surface area (Å²) in [4.78, 5) is 4.06. The molecule has 1 aliphatic rings. The summed E-state index contributed by atoms with van der Waals surface area (Å²) >= 11 is 0. The van der Waals surface area contributed by atoms with Crippen LogP contribution in [0.1, 0.15) is 36.1 Å². The van der Waals surface area contributed by atoms with Crippen LogP contribution < -0.4 is 4.72 Å². The van der Waals surface area contributed by atoms with Gasteiger partial charge in [0.1, 0.15) is 5.82 Å². The Kier molecular flexibility index (Phi) is 4.78. The molecule has 0 saturated heterocycles. The predicted octanol–water partition coefficient (Wildman–Crippen LogP) is 3.83. The van der Waals surface area contributed by atoms with Gasteiger partial charge < -0.3 is 0 Å². The number of halogens is 4. The van der Waals surface area contributed by atoms with Crippen molar-refractivity contribution in [3.8, 4) is 11.1 Å². The summed E-state index contributed by atoms with van der Waals surface area (Å²) in [7, 11) is -3.41. The third-order valence-electron chi connectivity index (χ3n) is 4.44. The van der Waals surface area contributed by atoms with E-state index >= 15 is 0 Å². The number of fused-ring (bicyclic) bond motifs is 1. The smallest absolute Gasteiger partial charge is 0.264 e. The fourth-order valence-corrected chi connectivity index (χ4v) is 3.96. The van der Waals surface area contributed by atoms with Gasteiger partial charge >= 0.3 is 6.18 Å². The molecule has 0 fully saturated rings. The van der Waals surface area contributed by atoms with Crippen molar-refractivity contribution in [1.82, 2.24) is 9.71 Å². The lowest BCUT2D eigenvalue weighted by Gasteiger charge is -2.15. The quantitative estimate of drug-likeness (QED) is 0.810. The molecule has 1 heterocycles. The van der Waals surface area contributed by atoms with Gasteiger partial charge in [-0.05, 0) is 48.6 Å². The SMILES string of the molecule is CCS(=O)(=O)NC1CCc2c(-c3ccc(C(F)(F)F)c(F)c3)cncc21. The summed E-state index contributed by atoms with van der Waals surface area (Å²) in [5, 5.41) is 0. The Morgan fingerprint density at radius 1 is 1.27 bits per heavy atom. The van der Waals surface area contributed by atoms with Crippen LogP contribution in [0.4, 0.5) is 17.6 Å². The van der Waals surface area contributed by atoms with Gasteiger partial charge in [0, 0.05) is 24.0 Å². The van der Waals surface area contributed by atoms with E-state index in [9.17, 15) is 26.0 Å². The van der Waals surface area contributed by atoms with Crippen molar-refractivity contribution in [2.45, 2.75) is 32.0 Å². The second-order valence-electron chi connectivity index (χ2n) is 6.06. The standard InChI is InChI=1S/C17H16F4N2O2S/c1-2-26(24,25)23-16-6-4-11-12(8-22-9-13(11)16)10-3-5-14(15(18)7-10)17(19,20)21/h3,5,7-9,16,23H,2,4,6H2,1H3. The molecule has 1 N–H and O–H groups in total. The molecule has 1 aromatic heterocycles. The van der Waals surface area contributed by atoms with Crippen molar-refractivity contribution in [3.63, 3.8) is 0 Å². The van der Waals surface area contributed by atoms with Crippen LogP contribution in [0.25, 0.3) is 11.1 Å². The predicted molar refractivity (Wildman–Crippen MR) is 88.3 cm³/mol. The molecule has 4 nitrogen and oxygen atoms in total. The third kappa shape index (κ3) is 3.59. The lowest BCUT2D eigenvalue weighted by Crippen LogP contribution is -2.28. The molecule has 26 heavy (non-hydrogen) atoms. The summed E-state index contributed by atoms with van der Waals surface area (Å²) < 4.78 is 78.3. The van der Waals surface area contributed by atoms with Crippen molar-refractivity contribution in [3.05, 3.63) is 53.1 Å². The molecule has 9 heteroatoms. The van der Waals surface area contributed by atoms with E-state index in [0.29, 0.717) is 30.0 Å². The van der Waals surface area contributed by atoms with E-state index in [2.05, 4.69) is 9.71 Å². The maximum Gasteiger partial charge on any atom is 0.419 e. The molecule has 0 radical (unpaired) electrons. The molecule has 0 amide bonds. The van der Waals surface area contributed by atoms with E-state index in [4.69, 9.17) is 0 Å². The minimum atomic E-state index is -4.76. The molecule has 1 unspecified atom stereocenters. The van der Waals surface area contributed by atoms with Crippen molar-refractivity contribution >= 4 is 10.0 Å². The molecule has 140 valence electrons.